The van der Waals surface area contributed by atoms with Gasteiger partial charge in [-0.25, -0.2) is 4.39 Å². The van der Waals surface area contributed by atoms with Crippen LogP contribution >= 0.6 is 12.2 Å². The van der Waals surface area contributed by atoms with Gasteiger partial charge >= 0.3 is 0 Å². The predicted molar refractivity (Wildman–Crippen MR) is 141 cm³/mol. The number of carbonyl (C=O) groups is 3. The van der Waals surface area contributed by atoms with Gasteiger partial charge in [0.1, 0.15) is 11.9 Å². The van der Waals surface area contributed by atoms with Crippen molar-refractivity contribution < 1.29 is 18.8 Å². The lowest BCUT2D eigenvalue weighted by Gasteiger charge is -2.24. The molecule has 184 valence electrons. The molecule has 0 spiro atoms. The van der Waals surface area contributed by atoms with E-state index in [1.54, 1.807) is 71.6 Å². The summed E-state index contributed by atoms with van der Waals surface area (Å²) in [5.74, 6) is -1.20. The zero-order chi connectivity index (χ0) is 25.7. The summed E-state index contributed by atoms with van der Waals surface area (Å²) < 4.78 is 14.2. The molecule has 0 radical (unpaired) electrons. The maximum atomic E-state index is 14.2. The molecule has 9 heteroatoms. The first-order valence-electron chi connectivity index (χ1n) is 11.4. The fraction of sp³-hybridized carbons (Fsp3) is 0.185. The summed E-state index contributed by atoms with van der Waals surface area (Å²) in [5.41, 5.74) is 2.25. The Morgan fingerprint density at radius 1 is 0.917 bits per heavy atom. The number of carbonyl (C=O) groups excluding carboxylic acids is 3. The zero-order valence-corrected chi connectivity index (χ0v) is 20.4. The number of thiocarbonyl (C=S) groups is 1. The molecule has 1 saturated heterocycles. The van der Waals surface area contributed by atoms with Crippen molar-refractivity contribution in [3.63, 3.8) is 0 Å². The summed E-state index contributed by atoms with van der Waals surface area (Å²) in [6.45, 7) is 1.69. The lowest BCUT2D eigenvalue weighted by atomic mass is 10.1. The summed E-state index contributed by atoms with van der Waals surface area (Å²) in [6.07, 6.45) is 0.193. The third-order valence-electron chi connectivity index (χ3n) is 5.78. The standard InChI is InChI=1S/C27H25FN4O3S/c1-18(33)29-20-11-13-21(14-12-20)30-25(34)17-24-26(35)32(22-8-3-2-4-9-22)27(36)31(24)16-15-19-7-5-6-10-23(19)28/h2-14,24H,15-17H2,1H3,(H,29,33)(H,30,34). The number of anilines is 3. The number of hydrogen-bond donors (Lipinski definition) is 2. The number of nitrogens with zero attached hydrogens (tertiary/aromatic N) is 2. The molecule has 4 rings (SSSR count). The van der Waals surface area contributed by atoms with Gasteiger partial charge in [0.05, 0.1) is 12.1 Å². The zero-order valence-electron chi connectivity index (χ0n) is 19.6. The minimum Gasteiger partial charge on any atom is -0.336 e. The second-order valence-corrected chi connectivity index (χ2v) is 8.72. The molecule has 1 fully saturated rings. The van der Waals surface area contributed by atoms with Gasteiger partial charge in [0, 0.05) is 24.8 Å². The molecule has 0 saturated carbocycles. The molecule has 3 aromatic rings. The SMILES string of the molecule is CC(=O)Nc1ccc(NC(=O)CC2C(=O)N(c3ccccc3)C(=S)N2CCc2ccccc2F)cc1. The molecule has 3 amide bonds. The smallest absolute Gasteiger partial charge is 0.256 e. The van der Waals surface area contributed by atoms with Crippen LogP contribution in [0.4, 0.5) is 21.5 Å². The number of rotatable bonds is 8. The van der Waals surface area contributed by atoms with Gasteiger partial charge in [-0.15, -0.1) is 0 Å². The number of hydrogen-bond acceptors (Lipinski definition) is 4. The average molecular weight is 505 g/mol. The number of halogens is 1. The third kappa shape index (κ3) is 5.75. The molecule has 1 atom stereocenters. The molecule has 0 aromatic heterocycles. The van der Waals surface area contributed by atoms with Crippen molar-refractivity contribution in [2.45, 2.75) is 25.8 Å². The maximum Gasteiger partial charge on any atom is 0.256 e. The third-order valence-corrected chi connectivity index (χ3v) is 6.20. The van der Waals surface area contributed by atoms with Crippen molar-refractivity contribution in [2.24, 2.45) is 0 Å². The monoisotopic (exact) mass is 504 g/mol. The van der Waals surface area contributed by atoms with E-state index in [-0.39, 0.29) is 41.6 Å². The van der Waals surface area contributed by atoms with Crippen LogP contribution in [0.2, 0.25) is 0 Å². The fourth-order valence-electron chi connectivity index (χ4n) is 4.07. The minimum absolute atomic E-state index is 0.132. The lowest BCUT2D eigenvalue weighted by Crippen LogP contribution is -2.39. The molecule has 1 heterocycles. The molecule has 0 aliphatic carbocycles. The quantitative estimate of drug-likeness (QED) is 0.446. The first kappa shape index (κ1) is 25.0. The van der Waals surface area contributed by atoms with E-state index in [2.05, 4.69) is 10.6 Å². The molecule has 1 aliphatic rings. The summed E-state index contributed by atoms with van der Waals surface area (Å²) in [4.78, 5) is 40.7. The van der Waals surface area contributed by atoms with Crippen molar-refractivity contribution in [3.8, 4) is 0 Å². The predicted octanol–water partition coefficient (Wildman–Crippen LogP) is 4.36. The normalized spacial score (nSPS) is 15.2. The van der Waals surface area contributed by atoms with Crippen LogP contribution in [0.5, 0.6) is 0 Å². The second-order valence-electron chi connectivity index (χ2n) is 8.35. The summed E-state index contributed by atoms with van der Waals surface area (Å²) in [5, 5.41) is 5.73. The highest BCUT2D eigenvalue weighted by molar-refractivity contribution is 7.80. The van der Waals surface area contributed by atoms with Gasteiger partial charge in [0.25, 0.3) is 5.91 Å². The van der Waals surface area contributed by atoms with E-state index in [0.717, 1.165) is 0 Å². The van der Waals surface area contributed by atoms with Crippen molar-refractivity contribution in [2.75, 3.05) is 22.1 Å². The van der Waals surface area contributed by atoms with Crippen LogP contribution in [0.3, 0.4) is 0 Å². The van der Waals surface area contributed by atoms with Crippen LogP contribution in [-0.2, 0) is 20.8 Å². The Labute approximate surface area is 213 Å². The van der Waals surface area contributed by atoms with E-state index < -0.39 is 6.04 Å². The van der Waals surface area contributed by atoms with E-state index >= 15 is 0 Å². The Morgan fingerprint density at radius 3 is 2.17 bits per heavy atom. The molecular formula is C27H25FN4O3S. The van der Waals surface area contributed by atoms with Crippen LogP contribution in [0.15, 0.2) is 78.9 Å². The molecule has 7 nitrogen and oxygen atoms in total. The number of para-hydroxylation sites is 1. The van der Waals surface area contributed by atoms with Crippen LogP contribution in [0, 0.1) is 5.82 Å². The second kappa shape index (κ2) is 11.1. The van der Waals surface area contributed by atoms with Crippen LogP contribution < -0.4 is 15.5 Å². The lowest BCUT2D eigenvalue weighted by molar-refractivity contribution is -0.124. The number of benzene rings is 3. The van der Waals surface area contributed by atoms with E-state index in [9.17, 15) is 18.8 Å². The fourth-order valence-corrected chi connectivity index (χ4v) is 4.49. The van der Waals surface area contributed by atoms with Crippen LogP contribution in [0.1, 0.15) is 18.9 Å². The van der Waals surface area contributed by atoms with Crippen molar-refractivity contribution >= 4 is 52.1 Å². The largest absolute Gasteiger partial charge is 0.336 e. The minimum atomic E-state index is -0.830. The Kier molecular flexibility index (Phi) is 7.70. The Balaban J connectivity index is 1.51. The summed E-state index contributed by atoms with van der Waals surface area (Å²) in [6, 6.07) is 21.3. The average Bonchev–Trinajstić information content (AvgIpc) is 3.08. The molecule has 3 aromatic carbocycles. The highest BCUT2D eigenvalue weighted by atomic mass is 32.1. The van der Waals surface area contributed by atoms with Crippen molar-refractivity contribution in [1.29, 1.82) is 0 Å². The van der Waals surface area contributed by atoms with Gasteiger partial charge < -0.3 is 15.5 Å². The molecule has 2 N–H and O–H groups in total. The van der Waals surface area contributed by atoms with Gasteiger partial charge in [0.2, 0.25) is 11.8 Å². The highest BCUT2D eigenvalue weighted by Gasteiger charge is 2.43. The van der Waals surface area contributed by atoms with E-state index in [0.29, 0.717) is 29.0 Å². The Hall–Kier alpha value is -4.11. The van der Waals surface area contributed by atoms with E-state index in [4.69, 9.17) is 12.2 Å². The number of amides is 3. The van der Waals surface area contributed by atoms with Crippen molar-refractivity contribution in [3.05, 3.63) is 90.2 Å². The van der Waals surface area contributed by atoms with Gasteiger partial charge in [0.15, 0.2) is 5.11 Å². The maximum absolute atomic E-state index is 14.2. The molecule has 1 unspecified atom stereocenters. The van der Waals surface area contributed by atoms with E-state index in [1.807, 2.05) is 6.07 Å². The molecular weight excluding hydrogens is 479 g/mol. The molecule has 36 heavy (non-hydrogen) atoms. The van der Waals surface area contributed by atoms with Gasteiger partial charge in [-0.3, -0.25) is 19.3 Å². The summed E-state index contributed by atoms with van der Waals surface area (Å²) in [7, 11) is 0. The number of nitrogens with one attached hydrogen (secondary N) is 2. The summed E-state index contributed by atoms with van der Waals surface area (Å²) >= 11 is 5.65. The van der Waals surface area contributed by atoms with E-state index in [1.165, 1.54) is 17.9 Å². The van der Waals surface area contributed by atoms with Crippen LogP contribution in [0.25, 0.3) is 0 Å². The van der Waals surface area contributed by atoms with Crippen molar-refractivity contribution in [1.82, 2.24) is 4.90 Å². The molecule has 1 aliphatic heterocycles. The Bertz CT molecular complexity index is 1280. The topological polar surface area (TPSA) is 81.8 Å². The first-order valence-corrected chi connectivity index (χ1v) is 11.8. The molecule has 0 bridgehead atoms. The highest BCUT2D eigenvalue weighted by Crippen LogP contribution is 2.28. The van der Waals surface area contributed by atoms with Gasteiger partial charge in [-0.2, -0.15) is 0 Å². The Morgan fingerprint density at radius 2 is 1.53 bits per heavy atom. The van der Waals surface area contributed by atoms with Gasteiger partial charge in [-0.1, -0.05) is 36.4 Å². The first-order chi connectivity index (χ1) is 17.3. The van der Waals surface area contributed by atoms with Crippen LogP contribution in [-0.4, -0.2) is 40.3 Å². The van der Waals surface area contributed by atoms with Gasteiger partial charge in [-0.05, 0) is 66.7 Å².